The second kappa shape index (κ2) is 14.3. The van der Waals surface area contributed by atoms with E-state index in [1.807, 2.05) is 39.0 Å². The summed E-state index contributed by atoms with van der Waals surface area (Å²) in [7, 11) is 0. The van der Waals surface area contributed by atoms with Crippen LogP contribution >= 0.6 is 0 Å². The van der Waals surface area contributed by atoms with E-state index in [1.165, 1.54) is 5.56 Å². The monoisotopic (exact) mass is 560 g/mol. The fraction of sp³-hybridized carbons (Fsp3) is 0.500. The second-order valence-electron chi connectivity index (χ2n) is 11.2. The van der Waals surface area contributed by atoms with E-state index in [0.29, 0.717) is 12.1 Å². The maximum absolute atomic E-state index is 13.1. The fourth-order valence-corrected chi connectivity index (χ4v) is 5.72. The summed E-state index contributed by atoms with van der Waals surface area (Å²) in [6.07, 6.45) is 11.4. The normalized spacial score (nSPS) is 18.5. The van der Waals surface area contributed by atoms with Crippen LogP contribution in [-0.4, -0.2) is 69.4 Å². The molecule has 0 unspecified atom stereocenters. The molecule has 2 aliphatic heterocycles. The van der Waals surface area contributed by atoms with Crippen molar-refractivity contribution in [3.8, 4) is 0 Å². The van der Waals surface area contributed by atoms with Crippen molar-refractivity contribution in [3.05, 3.63) is 71.2 Å². The molecule has 2 aromatic heterocycles. The number of allylic oxidation sites excluding steroid dienone is 4. The van der Waals surface area contributed by atoms with Gasteiger partial charge in [-0.2, -0.15) is 5.10 Å². The summed E-state index contributed by atoms with van der Waals surface area (Å²) in [6.45, 7) is 13.4. The molecule has 0 radical (unpaired) electrons. The number of piperidine rings is 1. The molecule has 0 aliphatic carbocycles. The number of likely N-dealkylation sites (tertiary alicyclic amines) is 1. The SMILES string of the molecule is C=C(/C=C(\C=C/C)n1nc(C)cc1C)[C@H](CNC(=O)[C@@H]1CCCN(CCCc2ccc3c(n2)NCCC3)C1)C(=O)O. The molecule has 1 fully saturated rings. The maximum atomic E-state index is 13.1. The smallest absolute Gasteiger partial charge is 0.312 e. The number of aliphatic carboxylic acids is 1. The van der Waals surface area contributed by atoms with Crippen molar-refractivity contribution in [2.24, 2.45) is 11.8 Å². The minimum absolute atomic E-state index is 0.00172. The zero-order valence-electron chi connectivity index (χ0n) is 24.7. The van der Waals surface area contributed by atoms with Crippen LogP contribution in [0.4, 0.5) is 5.82 Å². The van der Waals surface area contributed by atoms with Gasteiger partial charge in [-0.25, -0.2) is 9.67 Å². The van der Waals surface area contributed by atoms with Crippen molar-refractivity contribution in [3.63, 3.8) is 0 Å². The first-order valence-corrected chi connectivity index (χ1v) is 14.8. The first-order chi connectivity index (χ1) is 19.7. The van der Waals surface area contributed by atoms with Gasteiger partial charge in [0.15, 0.2) is 0 Å². The highest BCUT2D eigenvalue weighted by Gasteiger charge is 2.28. The topological polar surface area (TPSA) is 112 Å². The molecule has 0 spiro atoms. The third-order valence-electron chi connectivity index (χ3n) is 7.89. The van der Waals surface area contributed by atoms with Gasteiger partial charge in [-0.1, -0.05) is 18.7 Å². The summed E-state index contributed by atoms with van der Waals surface area (Å²) in [5.74, 6) is -1.16. The number of amides is 1. The number of nitrogens with zero attached hydrogens (tertiary/aromatic N) is 4. The minimum Gasteiger partial charge on any atom is -0.481 e. The minimum atomic E-state index is -1.02. The number of aryl methyl sites for hydroxylation is 4. The third-order valence-corrected chi connectivity index (χ3v) is 7.89. The predicted molar refractivity (Wildman–Crippen MR) is 163 cm³/mol. The first-order valence-electron chi connectivity index (χ1n) is 14.8. The Morgan fingerprint density at radius 1 is 1.29 bits per heavy atom. The highest BCUT2D eigenvalue weighted by atomic mass is 16.4. The van der Waals surface area contributed by atoms with E-state index in [1.54, 1.807) is 10.8 Å². The number of aromatic nitrogens is 3. The lowest BCUT2D eigenvalue weighted by molar-refractivity contribution is -0.140. The average molecular weight is 561 g/mol. The van der Waals surface area contributed by atoms with Crippen LogP contribution in [0.2, 0.25) is 0 Å². The average Bonchev–Trinajstić information content (AvgIpc) is 3.30. The number of rotatable bonds is 12. The Morgan fingerprint density at radius 3 is 2.85 bits per heavy atom. The highest BCUT2D eigenvalue weighted by Crippen LogP contribution is 2.22. The number of hydrogen-bond acceptors (Lipinski definition) is 6. The fourth-order valence-electron chi connectivity index (χ4n) is 5.72. The van der Waals surface area contributed by atoms with E-state index in [9.17, 15) is 14.7 Å². The summed E-state index contributed by atoms with van der Waals surface area (Å²) in [5.41, 5.74) is 5.36. The molecular formula is C32H44N6O3. The molecule has 1 amide bonds. The van der Waals surface area contributed by atoms with E-state index in [0.717, 1.165) is 86.8 Å². The summed E-state index contributed by atoms with van der Waals surface area (Å²) in [4.78, 5) is 32.4. The Labute approximate surface area is 243 Å². The zero-order valence-corrected chi connectivity index (χ0v) is 24.7. The zero-order chi connectivity index (χ0) is 29.4. The molecule has 0 saturated carbocycles. The van der Waals surface area contributed by atoms with Gasteiger partial charge in [0.05, 0.1) is 23.2 Å². The molecule has 9 heteroatoms. The first kappa shape index (κ1) is 30.2. The van der Waals surface area contributed by atoms with Crippen LogP contribution in [0.5, 0.6) is 0 Å². The van der Waals surface area contributed by atoms with Crippen molar-refractivity contribution in [2.75, 3.05) is 38.0 Å². The summed E-state index contributed by atoms with van der Waals surface area (Å²) in [5, 5.41) is 20.8. The lowest BCUT2D eigenvalue weighted by atomic mass is 9.95. The quantitative estimate of drug-likeness (QED) is 0.330. The van der Waals surface area contributed by atoms with Crippen molar-refractivity contribution in [1.29, 1.82) is 0 Å². The number of hydrogen-bond donors (Lipinski definition) is 3. The van der Waals surface area contributed by atoms with Crippen molar-refractivity contribution < 1.29 is 14.7 Å². The number of carbonyl (C=O) groups excluding carboxylic acids is 1. The predicted octanol–water partition coefficient (Wildman–Crippen LogP) is 4.39. The van der Waals surface area contributed by atoms with Crippen molar-refractivity contribution >= 4 is 23.4 Å². The van der Waals surface area contributed by atoms with Gasteiger partial charge in [-0.05, 0) is 108 Å². The number of fused-ring (bicyclic) bond motifs is 1. The summed E-state index contributed by atoms with van der Waals surface area (Å²) >= 11 is 0. The molecule has 9 nitrogen and oxygen atoms in total. The number of carboxylic acids is 1. The van der Waals surface area contributed by atoms with Gasteiger partial charge in [0.2, 0.25) is 5.91 Å². The van der Waals surface area contributed by atoms with E-state index in [4.69, 9.17) is 4.98 Å². The molecule has 2 aromatic rings. The molecular weight excluding hydrogens is 516 g/mol. The maximum Gasteiger partial charge on any atom is 0.312 e. The Hall–Kier alpha value is -3.72. The summed E-state index contributed by atoms with van der Waals surface area (Å²) < 4.78 is 1.77. The number of anilines is 1. The molecule has 3 N–H and O–H groups in total. The van der Waals surface area contributed by atoms with Gasteiger partial charge in [-0.15, -0.1) is 0 Å². The van der Waals surface area contributed by atoms with Crippen LogP contribution in [-0.2, 0) is 22.4 Å². The van der Waals surface area contributed by atoms with Crippen LogP contribution in [0.3, 0.4) is 0 Å². The van der Waals surface area contributed by atoms with Gasteiger partial charge < -0.3 is 20.6 Å². The molecule has 41 heavy (non-hydrogen) atoms. The molecule has 4 heterocycles. The largest absolute Gasteiger partial charge is 0.481 e. The second-order valence-corrected chi connectivity index (χ2v) is 11.2. The lowest BCUT2D eigenvalue weighted by Gasteiger charge is -2.32. The van der Waals surface area contributed by atoms with Gasteiger partial charge in [0.1, 0.15) is 5.82 Å². The van der Waals surface area contributed by atoms with Crippen molar-refractivity contribution in [2.45, 2.75) is 59.3 Å². The lowest BCUT2D eigenvalue weighted by Crippen LogP contribution is -2.45. The van der Waals surface area contributed by atoms with Crippen LogP contribution in [0.15, 0.2) is 48.6 Å². The molecule has 1 saturated heterocycles. The molecule has 0 aromatic carbocycles. The number of pyridine rings is 1. The van der Waals surface area contributed by atoms with E-state index in [-0.39, 0.29) is 18.4 Å². The number of nitrogens with one attached hydrogen (secondary N) is 2. The Morgan fingerprint density at radius 2 is 2.12 bits per heavy atom. The van der Waals surface area contributed by atoms with E-state index >= 15 is 0 Å². The van der Waals surface area contributed by atoms with E-state index < -0.39 is 11.9 Å². The Kier molecular flexibility index (Phi) is 10.5. The van der Waals surface area contributed by atoms with Gasteiger partial charge in [0, 0.05) is 31.0 Å². The van der Waals surface area contributed by atoms with Crippen LogP contribution in [0.25, 0.3) is 5.70 Å². The van der Waals surface area contributed by atoms with Crippen molar-refractivity contribution in [1.82, 2.24) is 25.0 Å². The standard InChI is InChI=1S/C32H44N6O3/c1-5-9-28(38-24(4)19-23(3)36-38)18-22(2)29(32(40)41)20-34-31(39)26-11-7-16-37(21-26)17-8-12-27-14-13-25-10-6-15-33-30(25)35-27/h5,9,13-14,18-19,26,29H,2,6-8,10-12,15-17,20-21H2,1,3-4H3,(H,33,35)(H,34,39)(H,40,41)/b9-5-,28-18+/t26-,29+/m1/s1. The molecule has 4 rings (SSSR count). The molecule has 2 atom stereocenters. The van der Waals surface area contributed by atoms with Crippen LogP contribution in [0, 0.1) is 25.7 Å². The third kappa shape index (κ3) is 8.16. The molecule has 0 bridgehead atoms. The number of carboxylic acid groups (broad SMARTS) is 1. The Balaban J connectivity index is 1.29. The van der Waals surface area contributed by atoms with Crippen LogP contribution < -0.4 is 10.6 Å². The van der Waals surface area contributed by atoms with Gasteiger partial charge in [0.25, 0.3) is 0 Å². The Bertz CT molecular complexity index is 1310. The van der Waals surface area contributed by atoms with Crippen LogP contribution in [0.1, 0.15) is 55.3 Å². The molecule has 220 valence electrons. The summed E-state index contributed by atoms with van der Waals surface area (Å²) in [6, 6.07) is 6.30. The highest BCUT2D eigenvalue weighted by molar-refractivity contribution is 5.81. The number of carbonyl (C=O) groups is 2. The van der Waals surface area contributed by atoms with E-state index in [2.05, 4.69) is 39.3 Å². The van der Waals surface area contributed by atoms with Gasteiger partial charge in [-0.3, -0.25) is 9.59 Å². The van der Waals surface area contributed by atoms with Gasteiger partial charge >= 0.3 is 5.97 Å². The molecule has 2 aliphatic rings.